The summed E-state index contributed by atoms with van der Waals surface area (Å²) >= 11 is 0. The summed E-state index contributed by atoms with van der Waals surface area (Å²) < 4.78 is 6.20. The van der Waals surface area contributed by atoms with E-state index >= 15 is 0 Å². The Kier molecular flexibility index (Phi) is 6.57. The lowest BCUT2D eigenvalue weighted by molar-refractivity contribution is 0.216. The van der Waals surface area contributed by atoms with E-state index in [1.54, 1.807) is 0 Å². The molecule has 2 rings (SSSR count). The number of rotatable bonds is 7. The molecule has 130 valence electrons. The van der Waals surface area contributed by atoms with Crippen molar-refractivity contribution in [2.75, 3.05) is 5.01 Å². The first-order valence-corrected chi connectivity index (χ1v) is 11.4. The van der Waals surface area contributed by atoms with Crippen molar-refractivity contribution in [3.05, 3.63) is 60.7 Å². The molecular formula is C21H26N2OSi. The Morgan fingerprint density at radius 1 is 1.00 bits per heavy atom. The second kappa shape index (κ2) is 8.66. The molecule has 2 aromatic rings. The standard InChI is InChI=1S/C21H26N2OSi/c1-6-25(4,5)24-21(18(2)3)17-22-23(19-13-9-7-10-14-19)20-15-11-8-12-16-20/h1,7-18,21H,2-5H3/b22-17+/t21-/m1/s1. The van der Waals surface area contributed by atoms with Crippen LogP contribution < -0.4 is 5.01 Å². The van der Waals surface area contributed by atoms with Crippen LogP contribution in [0, 0.1) is 17.9 Å². The Hall–Kier alpha value is -2.35. The van der Waals surface area contributed by atoms with Crippen LogP contribution in [0.4, 0.5) is 11.4 Å². The molecule has 0 bridgehead atoms. The lowest BCUT2D eigenvalue weighted by atomic mass is 10.1. The quantitative estimate of drug-likeness (QED) is 0.296. The van der Waals surface area contributed by atoms with Gasteiger partial charge in [0.25, 0.3) is 8.32 Å². The molecule has 0 heterocycles. The van der Waals surface area contributed by atoms with Crippen molar-refractivity contribution in [2.45, 2.75) is 33.0 Å². The molecule has 0 saturated carbocycles. The summed E-state index contributed by atoms with van der Waals surface area (Å²) in [6.07, 6.45) is 7.38. The van der Waals surface area contributed by atoms with Gasteiger partial charge in [0.2, 0.25) is 0 Å². The summed E-state index contributed by atoms with van der Waals surface area (Å²) in [7, 11) is -2.12. The molecular weight excluding hydrogens is 324 g/mol. The molecule has 0 N–H and O–H groups in total. The fraction of sp³-hybridized carbons (Fsp3) is 0.286. The highest BCUT2D eigenvalue weighted by Gasteiger charge is 2.25. The smallest absolute Gasteiger partial charge is 0.266 e. The maximum atomic E-state index is 6.20. The molecule has 3 nitrogen and oxygen atoms in total. The van der Waals surface area contributed by atoms with Crippen LogP contribution in [0.2, 0.25) is 13.1 Å². The van der Waals surface area contributed by atoms with Gasteiger partial charge in [-0.05, 0) is 43.3 Å². The molecule has 2 aromatic carbocycles. The predicted octanol–water partition coefficient (Wildman–Crippen LogP) is 5.23. The van der Waals surface area contributed by atoms with Crippen LogP contribution in [0.5, 0.6) is 0 Å². The molecule has 0 aliphatic heterocycles. The van der Waals surface area contributed by atoms with Crippen LogP contribution in [0.25, 0.3) is 0 Å². The van der Waals surface area contributed by atoms with Crippen molar-refractivity contribution >= 4 is 25.9 Å². The fourth-order valence-electron chi connectivity index (χ4n) is 2.27. The number of benzene rings is 2. The third kappa shape index (κ3) is 5.59. The molecule has 0 aliphatic carbocycles. The minimum atomic E-state index is -2.12. The number of para-hydroxylation sites is 2. The third-order valence-electron chi connectivity index (χ3n) is 3.77. The SMILES string of the molecule is C#C[Si](C)(C)O[C@H](/C=N/N(c1ccccc1)c1ccccc1)C(C)C. The summed E-state index contributed by atoms with van der Waals surface area (Å²) in [6.45, 7) is 8.30. The second-order valence-corrected chi connectivity index (χ2v) is 10.3. The molecule has 0 aliphatic rings. The van der Waals surface area contributed by atoms with Crippen molar-refractivity contribution in [3.8, 4) is 12.0 Å². The Morgan fingerprint density at radius 2 is 1.48 bits per heavy atom. The number of terminal acetylenes is 1. The van der Waals surface area contributed by atoms with Gasteiger partial charge < -0.3 is 4.43 Å². The maximum absolute atomic E-state index is 6.20. The van der Waals surface area contributed by atoms with Gasteiger partial charge >= 0.3 is 0 Å². The highest BCUT2D eigenvalue weighted by atomic mass is 28.4. The molecule has 0 spiro atoms. The van der Waals surface area contributed by atoms with Crippen LogP contribution >= 0.6 is 0 Å². The number of hydrogen-bond acceptors (Lipinski definition) is 3. The average molecular weight is 351 g/mol. The van der Waals surface area contributed by atoms with Gasteiger partial charge in [-0.25, -0.2) is 5.01 Å². The van der Waals surface area contributed by atoms with Crippen LogP contribution in [0.3, 0.4) is 0 Å². The molecule has 0 radical (unpaired) electrons. The largest absolute Gasteiger partial charge is 0.397 e. The van der Waals surface area contributed by atoms with E-state index in [-0.39, 0.29) is 12.0 Å². The van der Waals surface area contributed by atoms with E-state index in [4.69, 9.17) is 16.0 Å². The zero-order valence-electron chi connectivity index (χ0n) is 15.4. The Bertz CT molecular complexity index is 681. The Morgan fingerprint density at radius 3 is 1.88 bits per heavy atom. The van der Waals surface area contributed by atoms with Gasteiger partial charge in [0, 0.05) is 0 Å². The van der Waals surface area contributed by atoms with E-state index in [2.05, 4.69) is 19.4 Å². The summed E-state index contributed by atoms with van der Waals surface area (Å²) in [5.74, 6) is 0.289. The van der Waals surface area contributed by atoms with E-state index in [1.807, 2.05) is 85.0 Å². The van der Waals surface area contributed by atoms with Crippen molar-refractivity contribution < 1.29 is 4.43 Å². The summed E-state index contributed by atoms with van der Waals surface area (Å²) in [6, 6.07) is 20.2. The van der Waals surface area contributed by atoms with Gasteiger partial charge in [0.15, 0.2) is 0 Å². The second-order valence-electron chi connectivity index (χ2n) is 6.73. The van der Waals surface area contributed by atoms with Gasteiger partial charge in [-0.15, -0.1) is 12.0 Å². The minimum absolute atomic E-state index is 0.118. The average Bonchev–Trinajstić information content (AvgIpc) is 2.62. The Labute approximate surface area is 152 Å². The lowest BCUT2D eigenvalue weighted by Crippen LogP contribution is -2.38. The molecule has 0 aromatic heterocycles. The molecule has 0 unspecified atom stereocenters. The van der Waals surface area contributed by atoms with E-state index in [9.17, 15) is 0 Å². The van der Waals surface area contributed by atoms with Crippen molar-refractivity contribution in [1.29, 1.82) is 0 Å². The van der Waals surface area contributed by atoms with E-state index in [1.165, 1.54) is 0 Å². The molecule has 0 fully saturated rings. The minimum Gasteiger partial charge on any atom is -0.397 e. The lowest BCUT2D eigenvalue weighted by Gasteiger charge is -2.26. The fourth-order valence-corrected chi connectivity index (χ4v) is 3.35. The van der Waals surface area contributed by atoms with Crippen LogP contribution in [0.15, 0.2) is 65.8 Å². The number of anilines is 2. The van der Waals surface area contributed by atoms with Gasteiger partial charge in [-0.1, -0.05) is 50.2 Å². The number of hydrazone groups is 1. The topological polar surface area (TPSA) is 24.8 Å². The number of nitrogens with zero attached hydrogens (tertiary/aromatic N) is 2. The molecule has 4 heteroatoms. The first-order chi connectivity index (χ1) is 11.9. The predicted molar refractivity (Wildman–Crippen MR) is 110 cm³/mol. The highest BCUT2D eigenvalue weighted by molar-refractivity contribution is 6.79. The normalized spacial score (nSPS) is 13.0. The van der Waals surface area contributed by atoms with Crippen LogP contribution in [-0.2, 0) is 4.43 Å². The summed E-state index contributed by atoms with van der Waals surface area (Å²) in [4.78, 5) is 0. The van der Waals surface area contributed by atoms with E-state index < -0.39 is 8.32 Å². The zero-order valence-corrected chi connectivity index (χ0v) is 16.4. The first kappa shape index (κ1) is 19.0. The molecule has 0 saturated heterocycles. The molecule has 0 amide bonds. The van der Waals surface area contributed by atoms with Gasteiger partial charge in [0.1, 0.15) is 0 Å². The zero-order chi connectivity index (χ0) is 18.3. The van der Waals surface area contributed by atoms with Crippen LogP contribution in [0.1, 0.15) is 13.8 Å². The van der Waals surface area contributed by atoms with Gasteiger partial charge in [-0.3, -0.25) is 0 Å². The molecule has 25 heavy (non-hydrogen) atoms. The van der Waals surface area contributed by atoms with Crippen molar-refractivity contribution in [3.63, 3.8) is 0 Å². The van der Waals surface area contributed by atoms with E-state index in [0.717, 1.165) is 11.4 Å². The first-order valence-electron chi connectivity index (χ1n) is 8.53. The van der Waals surface area contributed by atoms with Crippen LogP contribution in [-0.4, -0.2) is 20.6 Å². The van der Waals surface area contributed by atoms with E-state index in [0.29, 0.717) is 0 Å². The van der Waals surface area contributed by atoms with Crippen molar-refractivity contribution in [2.24, 2.45) is 11.0 Å². The third-order valence-corrected chi connectivity index (χ3v) is 5.32. The van der Waals surface area contributed by atoms with Gasteiger partial charge in [-0.2, -0.15) is 5.10 Å². The highest BCUT2D eigenvalue weighted by Crippen LogP contribution is 2.25. The Balaban J connectivity index is 2.32. The maximum Gasteiger partial charge on any atom is 0.266 e. The monoisotopic (exact) mass is 350 g/mol. The number of hydrogen-bond donors (Lipinski definition) is 0. The van der Waals surface area contributed by atoms with Gasteiger partial charge in [0.05, 0.1) is 23.7 Å². The molecule has 1 atom stereocenters. The summed E-state index contributed by atoms with van der Waals surface area (Å²) in [5.41, 5.74) is 4.82. The van der Waals surface area contributed by atoms with Crippen molar-refractivity contribution in [1.82, 2.24) is 0 Å². The summed E-state index contributed by atoms with van der Waals surface area (Å²) in [5, 5.41) is 6.66.